The van der Waals surface area contributed by atoms with Crippen LogP contribution in [0.5, 0.6) is 0 Å². The summed E-state index contributed by atoms with van der Waals surface area (Å²) in [6.07, 6.45) is 1.17. The van der Waals surface area contributed by atoms with E-state index in [0.29, 0.717) is 5.69 Å². The lowest BCUT2D eigenvalue weighted by Crippen LogP contribution is -2.21. The number of carboxylic acids is 1. The minimum atomic E-state index is -1.11. The Morgan fingerprint density at radius 2 is 2.10 bits per heavy atom. The summed E-state index contributed by atoms with van der Waals surface area (Å²) in [4.78, 5) is 22.6. The summed E-state index contributed by atoms with van der Waals surface area (Å²) in [5, 5.41) is 15.1. The van der Waals surface area contributed by atoms with Gasteiger partial charge < -0.3 is 10.4 Å². The van der Waals surface area contributed by atoms with Crippen molar-refractivity contribution >= 4 is 17.6 Å². The Morgan fingerprint density at radius 1 is 1.40 bits per heavy atom. The van der Waals surface area contributed by atoms with Crippen molar-refractivity contribution in [2.45, 2.75) is 13.5 Å². The molecule has 6 nitrogen and oxygen atoms in total. The molecule has 0 saturated heterocycles. The van der Waals surface area contributed by atoms with Crippen LogP contribution in [0, 0.1) is 12.7 Å². The summed E-state index contributed by atoms with van der Waals surface area (Å²) >= 11 is 0. The molecule has 0 bridgehead atoms. The lowest BCUT2D eigenvalue weighted by atomic mass is 10.2. The van der Waals surface area contributed by atoms with Crippen molar-refractivity contribution in [2.75, 3.05) is 5.32 Å². The van der Waals surface area contributed by atoms with Crippen LogP contribution in [0.1, 0.15) is 16.1 Å². The van der Waals surface area contributed by atoms with Crippen molar-refractivity contribution in [2.24, 2.45) is 0 Å². The second-order valence-corrected chi connectivity index (χ2v) is 4.13. The summed E-state index contributed by atoms with van der Waals surface area (Å²) in [5.41, 5.74) is 0.464. The fourth-order valence-electron chi connectivity index (χ4n) is 1.70. The number of nitrogens with one attached hydrogen (secondary N) is 1. The van der Waals surface area contributed by atoms with E-state index in [-0.39, 0.29) is 17.8 Å². The Kier molecular flexibility index (Phi) is 3.79. The van der Waals surface area contributed by atoms with Crippen LogP contribution in [0.3, 0.4) is 0 Å². The molecule has 1 aromatic heterocycles. The number of carboxylic acid groups (broad SMARTS) is 1. The van der Waals surface area contributed by atoms with E-state index in [1.54, 1.807) is 13.0 Å². The van der Waals surface area contributed by atoms with Crippen LogP contribution in [-0.4, -0.2) is 26.8 Å². The molecule has 1 aromatic carbocycles. The molecule has 0 spiro atoms. The maximum Gasteiger partial charge on any atom is 0.339 e. The highest BCUT2D eigenvalue weighted by molar-refractivity contribution is 5.91. The molecule has 1 amide bonds. The van der Waals surface area contributed by atoms with E-state index in [2.05, 4.69) is 10.4 Å². The zero-order chi connectivity index (χ0) is 14.7. The monoisotopic (exact) mass is 277 g/mol. The van der Waals surface area contributed by atoms with Gasteiger partial charge in [-0.15, -0.1) is 0 Å². The van der Waals surface area contributed by atoms with E-state index >= 15 is 0 Å². The van der Waals surface area contributed by atoms with E-state index in [1.165, 1.54) is 29.1 Å². The third kappa shape index (κ3) is 2.82. The first-order valence-corrected chi connectivity index (χ1v) is 5.79. The lowest BCUT2D eigenvalue weighted by molar-refractivity contribution is -0.117. The predicted octanol–water partition coefficient (Wildman–Crippen LogP) is 1.67. The quantitative estimate of drug-likeness (QED) is 0.890. The average Bonchev–Trinajstić information content (AvgIpc) is 2.74. The molecule has 0 aliphatic carbocycles. The standard InChI is InChI=1S/C13H12FN3O3/c1-8-9(13(19)20)6-15-17(8)7-12(18)16-11-5-3-2-4-10(11)14/h2-6H,7H2,1H3,(H,16,18)(H,19,20). The Balaban J connectivity index is 2.09. The van der Waals surface area contributed by atoms with Gasteiger partial charge in [-0.3, -0.25) is 9.48 Å². The number of carbonyl (C=O) groups is 2. The lowest BCUT2D eigenvalue weighted by Gasteiger charge is -2.07. The fourth-order valence-corrected chi connectivity index (χ4v) is 1.70. The van der Waals surface area contributed by atoms with Crippen molar-refractivity contribution in [3.05, 3.63) is 47.5 Å². The maximum absolute atomic E-state index is 13.4. The molecule has 1 heterocycles. The van der Waals surface area contributed by atoms with Crippen molar-refractivity contribution in [3.8, 4) is 0 Å². The highest BCUT2D eigenvalue weighted by Crippen LogP contribution is 2.13. The summed E-state index contributed by atoms with van der Waals surface area (Å²) in [6, 6.07) is 5.78. The zero-order valence-electron chi connectivity index (χ0n) is 10.6. The highest BCUT2D eigenvalue weighted by Gasteiger charge is 2.15. The van der Waals surface area contributed by atoms with Gasteiger partial charge in [-0.05, 0) is 19.1 Å². The van der Waals surface area contributed by atoms with Gasteiger partial charge in [0.15, 0.2) is 0 Å². The van der Waals surface area contributed by atoms with Gasteiger partial charge in [0.1, 0.15) is 17.9 Å². The maximum atomic E-state index is 13.4. The number of hydrogen-bond acceptors (Lipinski definition) is 3. The van der Waals surface area contributed by atoms with Gasteiger partial charge in [0, 0.05) is 0 Å². The number of para-hydroxylation sites is 1. The van der Waals surface area contributed by atoms with Gasteiger partial charge in [-0.25, -0.2) is 9.18 Å². The molecule has 104 valence electrons. The SMILES string of the molecule is Cc1c(C(=O)O)cnn1CC(=O)Nc1ccccc1F. The van der Waals surface area contributed by atoms with Gasteiger partial charge in [0.2, 0.25) is 5.91 Å². The highest BCUT2D eigenvalue weighted by atomic mass is 19.1. The minimum absolute atomic E-state index is 0.0312. The summed E-state index contributed by atoms with van der Waals surface area (Å²) in [6.45, 7) is 1.36. The van der Waals surface area contributed by atoms with Gasteiger partial charge in [0.25, 0.3) is 0 Å². The van der Waals surface area contributed by atoms with E-state index in [4.69, 9.17) is 5.11 Å². The van der Waals surface area contributed by atoms with Crippen LogP contribution in [0.15, 0.2) is 30.5 Å². The van der Waals surface area contributed by atoms with Crippen LogP contribution in [0.25, 0.3) is 0 Å². The Hall–Kier alpha value is -2.70. The Morgan fingerprint density at radius 3 is 2.70 bits per heavy atom. The summed E-state index contributed by atoms with van der Waals surface area (Å²) in [5.74, 6) is -2.13. The number of anilines is 1. The molecule has 0 aliphatic rings. The Labute approximate surface area is 113 Å². The predicted molar refractivity (Wildman–Crippen MR) is 69.0 cm³/mol. The molecule has 0 unspecified atom stereocenters. The number of amides is 1. The molecule has 0 atom stereocenters. The van der Waals surface area contributed by atoms with Crippen LogP contribution in [0.2, 0.25) is 0 Å². The molecular formula is C13H12FN3O3. The second-order valence-electron chi connectivity index (χ2n) is 4.13. The molecule has 2 N–H and O–H groups in total. The number of carbonyl (C=O) groups excluding carboxylic acids is 1. The molecule has 0 fully saturated rings. The number of aromatic carboxylic acids is 1. The van der Waals surface area contributed by atoms with Crippen LogP contribution < -0.4 is 5.32 Å². The number of aromatic nitrogens is 2. The largest absolute Gasteiger partial charge is 0.478 e. The number of nitrogens with zero attached hydrogens (tertiary/aromatic N) is 2. The van der Waals surface area contributed by atoms with Crippen LogP contribution in [0.4, 0.5) is 10.1 Å². The second kappa shape index (κ2) is 5.52. The molecule has 20 heavy (non-hydrogen) atoms. The number of benzene rings is 1. The van der Waals surface area contributed by atoms with Crippen molar-refractivity contribution in [1.29, 1.82) is 0 Å². The molecule has 2 rings (SSSR count). The van der Waals surface area contributed by atoms with Gasteiger partial charge in [-0.2, -0.15) is 5.10 Å². The summed E-state index contributed by atoms with van der Waals surface area (Å²) in [7, 11) is 0. The first-order valence-electron chi connectivity index (χ1n) is 5.79. The van der Waals surface area contributed by atoms with Crippen molar-refractivity contribution in [1.82, 2.24) is 9.78 Å². The molecule has 7 heteroatoms. The number of hydrogen-bond donors (Lipinski definition) is 2. The first kappa shape index (κ1) is 13.7. The van der Waals surface area contributed by atoms with Crippen molar-refractivity contribution < 1.29 is 19.1 Å². The van der Waals surface area contributed by atoms with E-state index in [9.17, 15) is 14.0 Å². The normalized spacial score (nSPS) is 10.3. The van der Waals surface area contributed by atoms with E-state index < -0.39 is 17.7 Å². The van der Waals surface area contributed by atoms with Crippen LogP contribution in [-0.2, 0) is 11.3 Å². The topological polar surface area (TPSA) is 84.2 Å². The molecule has 0 radical (unpaired) electrons. The van der Waals surface area contributed by atoms with Gasteiger partial charge in [0.05, 0.1) is 17.6 Å². The van der Waals surface area contributed by atoms with Crippen molar-refractivity contribution in [3.63, 3.8) is 0 Å². The summed E-state index contributed by atoms with van der Waals surface area (Å²) < 4.78 is 14.6. The van der Waals surface area contributed by atoms with Gasteiger partial charge >= 0.3 is 5.97 Å². The fraction of sp³-hybridized carbons (Fsp3) is 0.154. The smallest absolute Gasteiger partial charge is 0.339 e. The number of halogens is 1. The third-order valence-corrected chi connectivity index (χ3v) is 2.77. The molecule has 2 aromatic rings. The van der Waals surface area contributed by atoms with E-state index in [0.717, 1.165) is 0 Å². The Bertz CT molecular complexity index is 667. The zero-order valence-corrected chi connectivity index (χ0v) is 10.6. The van der Waals surface area contributed by atoms with Crippen LogP contribution >= 0.6 is 0 Å². The minimum Gasteiger partial charge on any atom is -0.478 e. The molecule has 0 aliphatic heterocycles. The number of rotatable bonds is 4. The molecular weight excluding hydrogens is 265 g/mol. The van der Waals surface area contributed by atoms with Gasteiger partial charge in [-0.1, -0.05) is 12.1 Å². The third-order valence-electron chi connectivity index (χ3n) is 2.77. The van der Waals surface area contributed by atoms with E-state index in [1.807, 2.05) is 0 Å². The molecule has 0 saturated carbocycles. The average molecular weight is 277 g/mol. The first-order chi connectivity index (χ1) is 9.49.